The molecule has 0 bridgehead atoms. The summed E-state index contributed by atoms with van der Waals surface area (Å²) in [5.41, 5.74) is 15.1. The van der Waals surface area contributed by atoms with E-state index in [0.29, 0.717) is 72.6 Å². The number of benzene rings is 4. The molecule has 4 N–H and O–H groups in total. The first-order valence-corrected chi connectivity index (χ1v) is 33.6. The van der Waals surface area contributed by atoms with Crippen molar-refractivity contribution in [1.29, 1.82) is 21.0 Å². The minimum absolute atomic E-state index is 0.132. The Morgan fingerprint density at radius 2 is 0.778 bits per heavy atom. The van der Waals surface area contributed by atoms with Crippen molar-refractivity contribution in [3.8, 4) is 47.3 Å². The Morgan fingerprint density at radius 3 is 1.14 bits per heavy atom. The summed E-state index contributed by atoms with van der Waals surface area (Å²) in [6.07, 6.45) is 22.8. The maximum atomic E-state index is 10.4. The summed E-state index contributed by atoms with van der Waals surface area (Å²) < 4.78 is 25.5. The third kappa shape index (κ3) is 24.4. The topological polar surface area (TPSA) is 184 Å². The summed E-state index contributed by atoms with van der Waals surface area (Å²) in [6, 6.07) is 24.7. The van der Waals surface area contributed by atoms with Crippen LogP contribution in [0, 0.1) is 57.2 Å². The average Bonchev–Trinajstić information content (AvgIpc) is 3.45. The number of rotatable bonds is 39. The van der Waals surface area contributed by atoms with E-state index in [-0.39, 0.29) is 27.0 Å². The van der Waals surface area contributed by atoms with Gasteiger partial charge in [0.15, 0.2) is 23.0 Å². The Bertz CT molecular complexity index is 2670. The molecule has 0 aliphatic carbocycles. The number of hydrogen-bond acceptors (Lipinski definition) is 14. The van der Waals surface area contributed by atoms with E-state index in [1.54, 1.807) is 23.5 Å². The number of unbranched alkanes of at least 4 members (excludes halogenated alkanes) is 13. The summed E-state index contributed by atoms with van der Waals surface area (Å²) in [7, 11) is 0. The number of nitriles is 4. The molecule has 10 nitrogen and oxygen atoms in total. The van der Waals surface area contributed by atoms with Crippen molar-refractivity contribution in [1.82, 2.24) is 0 Å². The third-order valence-corrected chi connectivity index (χ3v) is 18.9. The van der Waals surface area contributed by atoms with Crippen LogP contribution in [-0.4, -0.2) is 36.9 Å². The fourth-order valence-corrected chi connectivity index (χ4v) is 13.3. The predicted molar refractivity (Wildman–Crippen MR) is 344 cm³/mol. The zero-order chi connectivity index (χ0) is 59.4. The van der Waals surface area contributed by atoms with Gasteiger partial charge in [0, 0.05) is 25.9 Å². The SMILES string of the molecule is CCCCCCCCOc1c(C#N)c(C#N)c(OCCCCCCCC)c(SC(C)(C)CC)c1Sc1ccccc1N.CCCCSc1c(OCCCCC(C)C)c(C#N)c(C#N)c(OCCCCC(C)C)c1Sc1ccccc1N. The smallest absolute Gasteiger partial charge is 0.153 e. The first-order valence-electron chi connectivity index (χ1n) is 30.1. The second-order valence-electron chi connectivity index (χ2n) is 22.0. The van der Waals surface area contributed by atoms with Gasteiger partial charge in [0.2, 0.25) is 0 Å². The number of hydrogen-bond donors (Lipinski definition) is 2. The Balaban J connectivity index is 0.000000426. The predicted octanol–water partition coefficient (Wildman–Crippen LogP) is 20.4. The Kier molecular flexibility index (Phi) is 35.0. The Labute approximate surface area is 506 Å². The highest BCUT2D eigenvalue weighted by molar-refractivity contribution is 8.03. The summed E-state index contributed by atoms with van der Waals surface area (Å²) in [6.45, 7) is 24.0. The van der Waals surface area contributed by atoms with Crippen LogP contribution in [0.4, 0.5) is 11.4 Å². The molecule has 81 heavy (non-hydrogen) atoms. The fourth-order valence-electron chi connectivity index (χ4n) is 8.51. The van der Waals surface area contributed by atoms with Gasteiger partial charge in [0.25, 0.3) is 0 Å². The van der Waals surface area contributed by atoms with Gasteiger partial charge in [-0.15, -0.1) is 23.5 Å². The zero-order valence-corrected chi connectivity index (χ0v) is 54.1. The van der Waals surface area contributed by atoms with Gasteiger partial charge >= 0.3 is 0 Å². The Morgan fingerprint density at radius 1 is 0.444 bits per heavy atom. The lowest BCUT2D eigenvalue weighted by atomic mass is 10.1. The van der Waals surface area contributed by atoms with Crippen LogP contribution in [0.3, 0.4) is 0 Å². The number of nitrogens with two attached hydrogens (primary N) is 2. The number of ether oxygens (including phenoxy) is 4. The molecule has 0 aliphatic rings. The van der Waals surface area contributed by atoms with E-state index in [9.17, 15) is 21.0 Å². The molecule has 0 radical (unpaired) electrons. The molecule has 0 spiro atoms. The molecule has 0 atom stereocenters. The van der Waals surface area contributed by atoms with Crippen LogP contribution in [0.5, 0.6) is 23.0 Å². The van der Waals surface area contributed by atoms with Crippen molar-refractivity contribution in [3.05, 3.63) is 70.8 Å². The molecular weight excluding hydrogens is 1080 g/mol. The van der Waals surface area contributed by atoms with Gasteiger partial charge in [0.1, 0.15) is 46.5 Å². The van der Waals surface area contributed by atoms with Gasteiger partial charge < -0.3 is 30.4 Å². The van der Waals surface area contributed by atoms with Gasteiger partial charge in [-0.2, -0.15) is 21.0 Å². The standard InChI is InChI=1S/C35H51N3O2S2.C32H45N3O2S2/c1-6-9-11-13-15-19-23-39-31-27(25-36)28(26-37)32(40-24-20-16-14-12-10-7-2)34(42-35(4,5)8-3)33(31)41-30-22-18-17-21-29(30)38;1-6-7-20-38-31-29(36-18-12-10-14-23(2)3)25(21-33)26(22-34)30(37-19-13-11-15-24(4)5)32(31)39-28-17-9-8-16-27(28)35/h17-18,21-22H,6-16,19-20,23-24,38H2,1-5H3;8-9,16-17,23-24H,6-7,10-15,18-20,35H2,1-5H3. The first kappa shape index (κ1) is 70.3. The third-order valence-electron chi connectivity index (χ3n) is 13.7. The van der Waals surface area contributed by atoms with Gasteiger partial charge in [0.05, 0.1) is 46.0 Å². The first-order chi connectivity index (χ1) is 39.2. The van der Waals surface area contributed by atoms with E-state index in [1.807, 2.05) is 48.5 Å². The number of nitrogen functional groups attached to an aromatic ring is 2. The molecule has 0 fully saturated rings. The molecule has 4 rings (SSSR count). The van der Waals surface area contributed by atoms with Gasteiger partial charge in [-0.25, -0.2) is 0 Å². The minimum Gasteiger partial charge on any atom is -0.491 e. The molecule has 442 valence electrons. The van der Waals surface area contributed by atoms with Crippen LogP contribution in [0.25, 0.3) is 0 Å². The molecule has 4 aromatic rings. The van der Waals surface area contributed by atoms with E-state index in [0.717, 1.165) is 119 Å². The van der Waals surface area contributed by atoms with Crippen molar-refractivity contribution in [2.45, 2.75) is 238 Å². The van der Waals surface area contributed by atoms with Crippen molar-refractivity contribution in [2.75, 3.05) is 43.6 Å². The lowest BCUT2D eigenvalue weighted by molar-refractivity contribution is 0.280. The zero-order valence-electron chi connectivity index (χ0n) is 50.9. The van der Waals surface area contributed by atoms with Crippen LogP contribution in [0.1, 0.15) is 226 Å². The fraction of sp³-hybridized carbons (Fsp3) is 0.582. The molecule has 0 saturated heterocycles. The van der Waals surface area contributed by atoms with Crippen molar-refractivity contribution < 1.29 is 18.9 Å². The molecule has 0 heterocycles. The molecule has 0 saturated carbocycles. The van der Waals surface area contributed by atoms with Crippen LogP contribution in [0.15, 0.2) is 77.9 Å². The molecule has 0 aliphatic heterocycles. The van der Waals surface area contributed by atoms with Crippen LogP contribution < -0.4 is 30.4 Å². The molecule has 4 aromatic carbocycles. The Hall–Kier alpha value is -4.96. The number of para-hydroxylation sites is 2. The van der Waals surface area contributed by atoms with Gasteiger partial charge in [-0.05, 0) is 93.2 Å². The van der Waals surface area contributed by atoms with E-state index in [2.05, 4.69) is 93.5 Å². The number of anilines is 2. The molecule has 14 heteroatoms. The summed E-state index contributed by atoms with van der Waals surface area (Å²) in [5, 5.41) is 41.3. The quantitative estimate of drug-likeness (QED) is 0.0244. The second-order valence-corrected chi connectivity index (χ2v) is 26.9. The lowest BCUT2D eigenvalue weighted by Crippen LogP contribution is -2.14. The summed E-state index contributed by atoms with van der Waals surface area (Å²) in [4.78, 5) is 5.11. The second kappa shape index (κ2) is 40.3. The van der Waals surface area contributed by atoms with Crippen LogP contribution in [-0.2, 0) is 0 Å². The minimum atomic E-state index is -0.132. The van der Waals surface area contributed by atoms with E-state index in [1.165, 1.54) is 74.9 Å². The number of nitrogens with zero attached hydrogens (tertiary/aromatic N) is 4. The van der Waals surface area contributed by atoms with Crippen LogP contribution in [0.2, 0.25) is 0 Å². The van der Waals surface area contributed by atoms with Gasteiger partial charge in [-0.1, -0.05) is 200 Å². The number of thioether (sulfide) groups is 2. The maximum absolute atomic E-state index is 10.4. The van der Waals surface area contributed by atoms with E-state index in [4.69, 9.17) is 30.4 Å². The molecule has 0 aromatic heterocycles. The highest BCUT2D eigenvalue weighted by atomic mass is 32.2. The maximum Gasteiger partial charge on any atom is 0.153 e. The highest BCUT2D eigenvalue weighted by Gasteiger charge is 2.32. The summed E-state index contributed by atoms with van der Waals surface area (Å²) >= 11 is 6.35. The van der Waals surface area contributed by atoms with Crippen LogP contribution >= 0.6 is 47.0 Å². The molecule has 0 amide bonds. The normalized spacial score (nSPS) is 11.1. The van der Waals surface area contributed by atoms with E-state index >= 15 is 0 Å². The highest BCUT2D eigenvalue weighted by Crippen LogP contribution is 2.55. The average molecular weight is 1180 g/mol. The van der Waals surface area contributed by atoms with Crippen molar-refractivity contribution in [2.24, 2.45) is 11.8 Å². The monoisotopic (exact) mass is 1180 g/mol. The van der Waals surface area contributed by atoms with E-state index < -0.39 is 0 Å². The lowest BCUT2D eigenvalue weighted by Gasteiger charge is -2.27. The molecule has 0 unspecified atom stereocenters. The largest absolute Gasteiger partial charge is 0.491 e. The molecular formula is C67H96N6O4S4. The van der Waals surface area contributed by atoms with Crippen molar-refractivity contribution >= 4 is 58.4 Å². The van der Waals surface area contributed by atoms with Crippen molar-refractivity contribution in [3.63, 3.8) is 0 Å². The summed E-state index contributed by atoms with van der Waals surface area (Å²) in [5.74, 6) is 4.09. The van der Waals surface area contributed by atoms with Gasteiger partial charge in [-0.3, -0.25) is 0 Å².